The van der Waals surface area contributed by atoms with Gasteiger partial charge in [-0.3, -0.25) is 0 Å². The van der Waals surface area contributed by atoms with E-state index in [9.17, 15) is 0 Å². The first-order chi connectivity index (χ1) is 8.42. The number of hydrogen-bond acceptors (Lipinski definition) is 3. The summed E-state index contributed by atoms with van der Waals surface area (Å²) in [6.45, 7) is 10.1. The van der Waals surface area contributed by atoms with E-state index in [4.69, 9.17) is 4.52 Å². The van der Waals surface area contributed by atoms with Crippen molar-refractivity contribution in [2.45, 2.75) is 59.5 Å². The molecule has 2 bridgehead atoms. The zero-order chi connectivity index (χ0) is 13.0. The largest absolute Gasteiger partial charge is 0.360 e. The Morgan fingerprint density at radius 2 is 2.22 bits per heavy atom. The van der Waals surface area contributed by atoms with Gasteiger partial charge in [-0.15, -0.1) is 0 Å². The molecule has 2 aliphatic rings. The van der Waals surface area contributed by atoms with Gasteiger partial charge in [0.2, 0.25) is 0 Å². The van der Waals surface area contributed by atoms with Crippen molar-refractivity contribution >= 4 is 0 Å². The molecule has 1 heterocycles. The summed E-state index contributed by atoms with van der Waals surface area (Å²) >= 11 is 0. The summed E-state index contributed by atoms with van der Waals surface area (Å²) in [5.74, 6) is 1.84. The van der Waals surface area contributed by atoms with Crippen molar-refractivity contribution in [1.82, 2.24) is 10.5 Å². The summed E-state index contributed by atoms with van der Waals surface area (Å²) in [6.07, 6.45) is 4.16. The minimum atomic E-state index is 0.405. The number of aryl methyl sites for hydroxylation is 1. The van der Waals surface area contributed by atoms with E-state index < -0.39 is 0 Å². The molecule has 0 radical (unpaired) electrons. The first-order valence-electron chi connectivity index (χ1n) is 7.07. The van der Waals surface area contributed by atoms with E-state index in [-0.39, 0.29) is 0 Å². The van der Waals surface area contributed by atoms with E-state index >= 15 is 0 Å². The molecule has 1 aromatic rings. The predicted octanol–water partition coefficient (Wildman–Crippen LogP) is 3.29. The van der Waals surface area contributed by atoms with E-state index in [0.717, 1.165) is 23.9 Å². The lowest BCUT2D eigenvalue weighted by Gasteiger charge is -2.43. The summed E-state index contributed by atoms with van der Waals surface area (Å²) in [7, 11) is 0. The monoisotopic (exact) mass is 248 g/mol. The van der Waals surface area contributed by atoms with Crippen LogP contribution >= 0.6 is 0 Å². The Bertz CT molecular complexity index is 446. The van der Waals surface area contributed by atoms with Crippen molar-refractivity contribution in [1.29, 1.82) is 0 Å². The lowest BCUT2D eigenvalue weighted by molar-refractivity contribution is 0.105. The van der Waals surface area contributed by atoms with Crippen LogP contribution in [0.15, 0.2) is 10.6 Å². The molecule has 3 nitrogen and oxygen atoms in total. The lowest BCUT2D eigenvalue weighted by atomic mass is 9.68. The molecule has 0 saturated heterocycles. The van der Waals surface area contributed by atoms with Crippen LogP contribution in [0.1, 0.15) is 51.5 Å². The Morgan fingerprint density at radius 3 is 2.78 bits per heavy atom. The Hall–Kier alpha value is -0.830. The van der Waals surface area contributed by atoms with Crippen LogP contribution in [0.5, 0.6) is 0 Å². The second-order valence-electron chi connectivity index (χ2n) is 7.16. The molecule has 3 heteroatoms. The first-order valence-corrected chi connectivity index (χ1v) is 7.07. The normalized spacial score (nSPS) is 37.3. The summed E-state index contributed by atoms with van der Waals surface area (Å²) in [5.41, 5.74) is 1.84. The van der Waals surface area contributed by atoms with Gasteiger partial charge in [0, 0.05) is 12.1 Å². The molecular formula is C15H24N2O. The Kier molecular flexibility index (Phi) is 2.60. The van der Waals surface area contributed by atoms with Crippen molar-refractivity contribution in [3.05, 3.63) is 17.5 Å². The maximum Gasteiger partial charge on any atom is 0.150 e. The minimum absolute atomic E-state index is 0.405. The van der Waals surface area contributed by atoms with Crippen molar-refractivity contribution in [2.24, 2.45) is 16.7 Å². The summed E-state index contributed by atoms with van der Waals surface area (Å²) < 4.78 is 5.29. The number of nitrogens with zero attached hydrogens (tertiary/aromatic N) is 1. The standard InChI is InChI=1S/C15H24N2O/c1-10-7-12(18-17-10)9-16-13-14(2,3)11-5-6-15(13,4)8-11/h7,11,13,16H,5-6,8-9H2,1-4H3/t11-,13?,15+/m0/s1. The molecule has 3 atom stereocenters. The fourth-order valence-corrected chi connectivity index (χ4v) is 4.51. The van der Waals surface area contributed by atoms with Gasteiger partial charge in [-0.2, -0.15) is 0 Å². The van der Waals surface area contributed by atoms with Crippen LogP contribution in [0.3, 0.4) is 0 Å². The van der Waals surface area contributed by atoms with Crippen LogP contribution in [-0.4, -0.2) is 11.2 Å². The fraction of sp³-hybridized carbons (Fsp3) is 0.800. The number of nitrogens with one attached hydrogen (secondary N) is 1. The van der Waals surface area contributed by atoms with E-state index in [0.29, 0.717) is 16.9 Å². The van der Waals surface area contributed by atoms with E-state index in [1.807, 2.05) is 13.0 Å². The van der Waals surface area contributed by atoms with Gasteiger partial charge in [0.1, 0.15) is 0 Å². The van der Waals surface area contributed by atoms with Crippen molar-refractivity contribution in [3.63, 3.8) is 0 Å². The third kappa shape index (κ3) is 1.71. The average Bonchev–Trinajstić information content (AvgIpc) is 2.89. The highest BCUT2D eigenvalue weighted by atomic mass is 16.5. The maximum atomic E-state index is 5.29. The molecule has 0 aliphatic heterocycles. The molecule has 18 heavy (non-hydrogen) atoms. The molecule has 0 spiro atoms. The third-order valence-electron chi connectivity index (χ3n) is 5.43. The van der Waals surface area contributed by atoms with Crippen molar-refractivity contribution in [2.75, 3.05) is 0 Å². The molecule has 3 rings (SSSR count). The van der Waals surface area contributed by atoms with Crippen LogP contribution in [0.2, 0.25) is 0 Å². The molecular weight excluding hydrogens is 224 g/mol. The zero-order valence-corrected chi connectivity index (χ0v) is 11.9. The van der Waals surface area contributed by atoms with Gasteiger partial charge in [-0.25, -0.2) is 0 Å². The van der Waals surface area contributed by atoms with Gasteiger partial charge in [0.25, 0.3) is 0 Å². The SMILES string of the molecule is Cc1cc(CNC2C(C)(C)[C@H]3CC[C@]2(C)C3)on1. The Labute approximate surface area is 109 Å². The third-order valence-corrected chi connectivity index (χ3v) is 5.43. The van der Waals surface area contributed by atoms with E-state index in [1.54, 1.807) is 0 Å². The highest BCUT2D eigenvalue weighted by Crippen LogP contribution is 2.62. The Balaban J connectivity index is 1.72. The van der Waals surface area contributed by atoms with Gasteiger partial charge < -0.3 is 9.84 Å². The predicted molar refractivity (Wildman–Crippen MR) is 71.1 cm³/mol. The summed E-state index contributed by atoms with van der Waals surface area (Å²) in [5, 5.41) is 7.69. The van der Waals surface area contributed by atoms with Crippen LogP contribution in [0.25, 0.3) is 0 Å². The van der Waals surface area contributed by atoms with Gasteiger partial charge in [0.05, 0.1) is 12.2 Å². The second-order valence-corrected chi connectivity index (χ2v) is 7.16. The molecule has 1 unspecified atom stereocenters. The average molecular weight is 248 g/mol. The quantitative estimate of drug-likeness (QED) is 0.892. The molecule has 0 amide bonds. The van der Waals surface area contributed by atoms with Gasteiger partial charge in [-0.1, -0.05) is 25.9 Å². The molecule has 1 N–H and O–H groups in total. The molecule has 2 aliphatic carbocycles. The molecule has 2 saturated carbocycles. The zero-order valence-electron chi connectivity index (χ0n) is 11.9. The minimum Gasteiger partial charge on any atom is -0.360 e. The molecule has 1 aromatic heterocycles. The van der Waals surface area contributed by atoms with E-state index in [1.165, 1.54) is 19.3 Å². The van der Waals surface area contributed by atoms with Gasteiger partial charge in [0.15, 0.2) is 5.76 Å². The topological polar surface area (TPSA) is 38.1 Å². The number of hydrogen-bond donors (Lipinski definition) is 1. The maximum absolute atomic E-state index is 5.29. The van der Waals surface area contributed by atoms with Crippen molar-refractivity contribution < 1.29 is 4.52 Å². The highest BCUT2D eigenvalue weighted by molar-refractivity contribution is 5.13. The van der Waals surface area contributed by atoms with Crippen molar-refractivity contribution in [3.8, 4) is 0 Å². The van der Waals surface area contributed by atoms with Gasteiger partial charge >= 0.3 is 0 Å². The van der Waals surface area contributed by atoms with Crippen LogP contribution in [0.4, 0.5) is 0 Å². The number of rotatable bonds is 3. The van der Waals surface area contributed by atoms with E-state index in [2.05, 4.69) is 31.2 Å². The fourth-order valence-electron chi connectivity index (χ4n) is 4.51. The lowest BCUT2D eigenvalue weighted by Crippen LogP contribution is -2.49. The van der Waals surface area contributed by atoms with Gasteiger partial charge in [-0.05, 0) is 42.9 Å². The smallest absolute Gasteiger partial charge is 0.150 e. The number of aromatic nitrogens is 1. The molecule has 2 fully saturated rings. The van der Waals surface area contributed by atoms with Crippen LogP contribution in [-0.2, 0) is 6.54 Å². The summed E-state index contributed by atoms with van der Waals surface area (Å²) in [4.78, 5) is 0. The Morgan fingerprint density at radius 1 is 1.44 bits per heavy atom. The highest BCUT2D eigenvalue weighted by Gasteiger charge is 2.58. The number of fused-ring (bicyclic) bond motifs is 2. The molecule has 100 valence electrons. The first kappa shape index (κ1) is 12.2. The molecule has 0 aromatic carbocycles. The second kappa shape index (κ2) is 3.83. The van der Waals surface area contributed by atoms with Crippen LogP contribution < -0.4 is 5.32 Å². The summed E-state index contributed by atoms with van der Waals surface area (Å²) in [6, 6.07) is 2.62. The van der Waals surface area contributed by atoms with Crippen LogP contribution in [0, 0.1) is 23.7 Å².